The van der Waals surface area contributed by atoms with Crippen molar-refractivity contribution in [3.63, 3.8) is 0 Å². The lowest BCUT2D eigenvalue weighted by atomic mass is 9.86. The van der Waals surface area contributed by atoms with Gasteiger partial charge in [-0.05, 0) is 96.6 Å². The Kier molecular flexibility index (Phi) is 8.49. The molecule has 0 radical (unpaired) electrons. The second kappa shape index (κ2) is 10.4. The van der Waals surface area contributed by atoms with E-state index in [0.717, 1.165) is 6.42 Å². The highest BCUT2D eigenvalue weighted by atomic mass is 14.7. The first-order valence-corrected chi connectivity index (χ1v) is 11.7. The quantitative estimate of drug-likeness (QED) is 0.417. The molecule has 0 aliphatic heterocycles. The molecule has 0 aliphatic rings. The molecular formula is C28H43N. The van der Waals surface area contributed by atoms with Gasteiger partial charge in [0, 0.05) is 11.9 Å². The summed E-state index contributed by atoms with van der Waals surface area (Å²) in [6.45, 7) is 20.6. The van der Waals surface area contributed by atoms with Crippen LogP contribution in [0, 0.1) is 19.8 Å². The van der Waals surface area contributed by atoms with Gasteiger partial charge in [-0.15, -0.1) is 0 Å². The van der Waals surface area contributed by atoms with Gasteiger partial charge in [-0.2, -0.15) is 0 Å². The molecule has 0 fully saturated rings. The molecule has 2 rings (SSSR count). The third-order valence-corrected chi connectivity index (χ3v) is 6.39. The van der Waals surface area contributed by atoms with Crippen molar-refractivity contribution < 1.29 is 0 Å². The number of hydrogen-bond acceptors (Lipinski definition) is 1. The van der Waals surface area contributed by atoms with Crippen molar-refractivity contribution in [2.75, 3.05) is 0 Å². The van der Waals surface area contributed by atoms with Gasteiger partial charge in [-0.3, -0.25) is 4.98 Å². The largest absolute Gasteiger partial charge is 0.261 e. The van der Waals surface area contributed by atoms with Crippen LogP contribution in [0.15, 0.2) is 24.4 Å². The molecule has 1 unspecified atom stereocenters. The van der Waals surface area contributed by atoms with Crippen LogP contribution in [0.5, 0.6) is 0 Å². The van der Waals surface area contributed by atoms with Crippen LogP contribution in [0.1, 0.15) is 118 Å². The Morgan fingerprint density at radius 1 is 0.793 bits per heavy atom. The van der Waals surface area contributed by atoms with Crippen molar-refractivity contribution in [1.29, 1.82) is 0 Å². The standard InChI is InChI=1S/C28H43N/c1-18(2)13-27-17-29-23(9)22(8)28(27)12-10-11-21(7)26-15-24(19(3)4)14-25(16-26)20(5)6/h14-21H,10-13H2,1-9H3. The van der Waals surface area contributed by atoms with E-state index in [1.165, 1.54) is 52.8 Å². The minimum absolute atomic E-state index is 0.584. The molecule has 0 N–H and O–H groups in total. The maximum atomic E-state index is 4.64. The number of aryl methyl sites for hydroxylation is 1. The molecular weight excluding hydrogens is 350 g/mol. The first kappa shape index (κ1) is 23.6. The molecule has 2 aromatic rings. The molecule has 0 saturated carbocycles. The molecule has 160 valence electrons. The molecule has 1 aromatic carbocycles. The fraction of sp³-hybridized carbons (Fsp3) is 0.607. The predicted molar refractivity (Wildman–Crippen MR) is 128 cm³/mol. The Morgan fingerprint density at radius 2 is 1.34 bits per heavy atom. The molecule has 1 aromatic heterocycles. The van der Waals surface area contributed by atoms with E-state index in [4.69, 9.17) is 0 Å². The Morgan fingerprint density at radius 3 is 1.86 bits per heavy atom. The minimum atomic E-state index is 0.584. The zero-order chi connectivity index (χ0) is 21.7. The zero-order valence-corrected chi connectivity index (χ0v) is 20.4. The molecule has 1 nitrogen and oxygen atoms in total. The van der Waals surface area contributed by atoms with E-state index >= 15 is 0 Å². The summed E-state index contributed by atoms with van der Waals surface area (Å²) < 4.78 is 0. The summed E-state index contributed by atoms with van der Waals surface area (Å²) in [7, 11) is 0. The summed E-state index contributed by atoms with van der Waals surface area (Å²) in [5, 5.41) is 0. The van der Waals surface area contributed by atoms with Crippen molar-refractivity contribution in [3.05, 3.63) is 63.5 Å². The van der Waals surface area contributed by atoms with E-state index in [0.29, 0.717) is 23.7 Å². The average molecular weight is 394 g/mol. The predicted octanol–water partition coefficient (Wildman–Crippen LogP) is 8.27. The highest BCUT2D eigenvalue weighted by Crippen LogP contribution is 2.30. The summed E-state index contributed by atoms with van der Waals surface area (Å²) in [4.78, 5) is 4.64. The number of nitrogens with zero attached hydrogens (tertiary/aromatic N) is 1. The van der Waals surface area contributed by atoms with Crippen LogP contribution in [0.2, 0.25) is 0 Å². The molecule has 1 heteroatoms. The molecule has 0 bridgehead atoms. The van der Waals surface area contributed by atoms with Crippen molar-refractivity contribution >= 4 is 0 Å². The van der Waals surface area contributed by atoms with Crippen LogP contribution >= 0.6 is 0 Å². The summed E-state index contributed by atoms with van der Waals surface area (Å²) >= 11 is 0. The molecule has 29 heavy (non-hydrogen) atoms. The van der Waals surface area contributed by atoms with Gasteiger partial charge in [0.05, 0.1) is 0 Å². The number of hydrogen-bond donors (Lipinski definition) is 0. The first-order chi connectivity index (χ1) is 13.6. The number of benzene rings is 1. The van der Waals surface area contributed by atoms with Crippen molar-refractivity contribution in [1.82, 2.24) is 4.98 Å². The topological polar surface area (TPSA) is 12.9 Å². The van der Waals surface area contributed by atoms with E-state index < -0.39 is 0 Å². The fourth-order valence-electron chi connectivity index (χ4n) is 4.18. The van der Waals surface area contributed by atoms with Crippen LogP contribution in [0.3, 0.4) is 0 Å². The molecule has 0 amide bonds. The molecule has 0 aliphatic carbocycles. The Hall–Kier alpha value is -1.63. The average Bonchev–Trinajstić information content (AvgIpc) is 2.66. The normalized spacial score (nSPS) is 13.0. The van der Waals surface area contributed by atoms with Gasteiger partial charge in [-0.25, -0.2) is 0 Å². The number of aromatic nitrogens is 1. The summed E-state index contributed by atoms with van der Waals surface area (Å²) in [5.41, 5.74) is 10.1. The van der Waals surface area contributed by atoms with Crippen molar-refractivity contribution in [3.8, 4) is 0 Å². The lowest BCUT2D eigenvalue weighted by Crippen LogP contribution is -2.06. The smallest absolute Gasteiger partial charge is 0.0404 e. The van der Waals surface area contributed by atoms with Gasteiger partial charge in [0.15, 0.2) is 0 Å². The maximum absolute atomic E-state index is 4.64. The van der Waals surface area contributed by atoms with E-state index in [9.17, 15) is 0 Å². The maximum Gasteiger partial charge on any atom is 0.0404 e. The van der Waals surface area contributed by atoms with E-state index in [1.54, 1.807) is 5.56 Å². The lowest BCUT2D eigenvalue weighted by Gasteiger charge is -2.20. The Labute approximate surface area is 180 Å². The highest BCUT2D eigenvalue weighted by molar-refractivity contribution is 5.37. The summed E-state index contributed by atoms with van der Waals surface area (Å²) in [6, 6.07) is 7.31. The second-order valence-corrected chi connectivity index (χ2v) is 10.1. The number of pyridine rings is 1. The third kappa shape index (κ3) is 6.43. The molecule has 1 heterocycles. The Bertz CT molecular complexity index is 772. The zero-order valence-electron chi connectivity index (χ0n) is 20.4. The summed E-state index contributed by atoms with van der Waals surface area (Å²) in [6.07, 6.45) is 6.90. The molecule has 0 saturated heterocycles. The van der Waals surface area contributed by atoms with Crippen LogP contribution in [-0.4, -0.2) is 4.98 Å². The lowest BCUT2D eigenvalue weighted by molar-refractivity contribution is 0.613. The molecule has 0 spiro atoms. The van der Waals surface area contributed by atoms with Crippen LogP contribution in [0.4, 0.5) is 0 Å². The summed E-state index contributed by atoms with van der Waals surface area (Å²) in [5.74, 6) is 2.44. The second-order valence-electron chi connectivity index (χ2n) is 10.1. The van der Waals surface area contributed by atoms with Crippen LogP contribution in [0.25, 0.3) is 0 Å². The van der Waals surface area contributed by atoms with E-state index in [1.807, 2.05) is 0 Å². The fourth-order valence-corrected chi connectivity index (χ4v) is 4.18. The van der Waals surface area contributed by atoms with Gasteiger partial charge in [0.25, 0.3) is 0 Å². The third-order valence-electron chi connectivity index (χ3n) is 6.39. The van der Waals surface area contributed by atoms with Gasteiger partial charge in [0.2, 0.25) is 0 Å². The van der Waals surface area contributed by atoms with Gasteiger partial charge in [-0.1, -0.05) is 66.7 Å². The monoisotopic (exact) mass is 393 g/mol. The Balaban J connectivity index is 2.14. The van der Waals surface area contributed by atoms with Gasteiger partial charge in [0.1, 0.15) is 0 Å². The van der Waals surface area contributed by atoms with Gasteiger partial charge >= 0.3 is 0 Å². The molecule has 1 atom stereocenters. The highest BCUT2D eigenvalue weighted by Gasteiger charge is 2.14. The van der Waals surface area contributed by atoms with E-state index in [2.05, 4.69) is 91.7 Å². The minimum Gasteiger partial charge on any atom is -0.261 e. The van der Waals surface area contributed by atoms with Crippen molar-refractivity contribution in [2.24, 2.45) is 5.92 Å². The van der Waals surface area contributed by atoms with Crippen LogP contribution in [-0.2, 0) is 12.8 Å². The first-order valence-electron chi connectivity index (χ1n) is 11.7. The van der Waals surface area contributed by atoms with E-state index in [-0.39, 0.29) is 0 Å². The SMILES string of the molecule is Cc1ncc(CC(C)C)c(CCCC(C)c2cc(C(C)C)cc(C(C)C)c2)c1C. The van der Waals surface area contributed by atoms with Gasteiger partial charge < -0.3 is 0 Å². The van der Waals surface area contributed by atoms with Crippen LogP contribution < -0.4 is 0 Å². The number of rotatable bonds is 9. The van der Waals surface area contributed by atoms with Crippen molar-refractivity contribution in [2.45, 2.75) is 106 Å².